The molecular formula is C17H14FN5O3S. The van der Waals surface area contributed by atoms with Gasteiger partial charge in [-0.2, -0.15) is 4.98 Å². The first-order valence-electron chi connectivity index (χ1n) is 7.84. The normalized spacial score (nSPS) is 12.0. The molecule has 0 atom stereocenters. The van der Waals surface area contributed by atoms with Gasteiger partial charge in [-0.3, -0.25) is 4.40 Å². The number of aryl methyl sites for hydroxylation is 1. The van der Waals surface area contributed by atoms with Crippen molar-refractivity contribution in [1.82, 2.24) is 24.6 Å². The number of rotatable bonds is 3. The molecule has 0 aliphatic carbocycles. The van der Waals surface area contributed by atoms with Crippen LogP contribution in [0.2, 0.25) is 0 Å². The summed E-state index contributed by atoms with van der Waals surface area (Å²) in [7, 11) is -2.19. The van der Waals surface area contributed by atoms with Crippen LogP contribution in [-0.2, 0) is 9.84 Å². The smallest absolute Gasteiger partial charge is 0.248 e. The van der Waals surface area contributed by atoms with E-state index in [0.717, 1.165) is 6.26 Å². The van der Waals surface area contributed by atoms with Gasteiger partial charge in [-0.15, -0.1) is 10.2 Å². The highest BCUT2D eigenvalue weighted by molar-refractivity contribution is 7.90. The molecule has 0 aliphatic rings. The lowest BCUT2D eigenvalue weighted by atomic mass is 9.99. The zero-order valence-corrected chi connectivity index (χ0v) is 15.5. The maximum atomic E-state index is 15.0. The standard InChI is InChI=1S/C17H14FN5O3S/c1-9-4-5-12(26-2)14(18)13(9)11-6-10-7-19-17(27(3,24)25)21-15(10)23-8-20-22-16(11)23/h4-8H,1-3H3. The fraction of sp³-hybridized carbons (Fsp3) is 0.176. The van der Waals surface area contributed by atoms with Gasteiger partial charge < -0.3 is 4.74 Å². The highest BCUT2D eigenvalue weighted by Crippen LogP contribution is 2.35. The fourth-order valence-electron chi connectivity index (χ4n) is 2.96. The van der Waals surface area contributed by atoms with Crippen LogP contribution in [-0.4, -0.2) is 46.3 Å². The Hall–Kier alpha value is -3.14. The first-order chi connectivity index (χ1) is 12.8. The van der Waals surface area contributed by atoms with Crippen LogP contribution < -0.4 is 4.74 Å². The average molecular weight is 387 g/mol. The Labute approximate surface area is 153 Å². The minimum absolute atomic E-state index is 0.108. The molecule has 27 heavy (non-hydrogen) atoms. The van der Waals surface area contributed by atoms with E-state index in [2.05, 4.69) is 20.2 Å². The van der Waals surface area contributed by atoms with E-state index in [4.69, 9.17) is 4.74 Å². The van der Waals surface area contributed by atoms with Crippen molar-refractivity contribution in [2.45, 2.75) is 12.1 Å². The molecule has 4 aromatic rings. The van der Waals surface area contributed by atoms with Gasteiger partial charge in [0.05, 0.1) is 7.11 Å². The summed E-state index contributed by atoms with van der Waals surface area (Å²) in [6, 6.07) is 4.96. The molecule has 0 spiro atoms. The molecule has 8 nitrogen and oxygen atoms in total. The van der Waals surface area contributed by atoms with Gasteiger partial charge in [0.1, 0.15) is 6.33 Å². The van der Waals surface area contributed by atoms with Crippen molar-refractivity contribution in [3.8, 4) is 16.9 Å². The van der Waals surface area contributed by atoms with Gasteiger partial charge in [0.15, 0.2) is 22.9 Å². The molecule has 0 saturated heterocycles. The van der Waals surface area contributed by atoms with Crippen molar-refractivity contribution in [3.05, 3.63) is 42.1 Å². The molecule has 0 amide bonds. The van der Waals surface area contributed by atoms with Crippen LogP contribution in [0.1, 0.15) is 5.56 Å². The van der Waals surface area contributed by atoms with Crippen LogP contribution >= 0.6 is 0 Å². The minimum atomic E-state index is -3.58. The summed E-state index contributed by atoms with van der Waals surface area (Å²) in [6.45, 7) is 1.78. The second-order valence-corrected chi connectivity index (χ2v) is 7.97. The average Bonchev–Trinajstić information content (AvgIpc) is 3.11. The Bertz CT molecular complexity index is 1320. The molecule has 0 saturated carbocycles. The van der Waals surface area contributed by atoms with Crippen molar-refractivity contribution in [3.63, 3.8) is 0 Å². The number of hydrogen-bond donors (Lipinski definition) is 0. The van der Waals surface area contributed by atoms with Crippen molar-refractivity contribution in [2.24, 2.45) is 0 Å². The monoisotopic (exact) mass is 387 g/mol. The van der Waals surface area contributed by atoms with Crippen LogP contribution in [0.25, 0.3) is 27.8 Å². The predicted octanol–water partition coefficient (Wildman–Crippen LogP) is 2.20. The molecule has 0 bridgehead atoms. The Morgan fingerprint density at radius 1 is 1.22 bits per heavy atom. The Balaban J connectivity index is 2.11. The predicted molar refractivity (Wildman–Crippen MR) is 95.9 cm³/mol. The van der Waals surface area contributed by atoms with E-state index in [9.17, 15) is 12.8 Å². The molecule has 0 aliphatic heterocycles. The lowest BCUT2D eigenvalue weighted by Crippen LogP contribution is -2.06. The zero-order chi connectivity index (χ0) is 19.3. The van der Waals surface area contributed by atoms with Gasteiger partial charge >= 0.3 is 0 Å². The molecule has 0 unspecified atom stereocenters. The number of methoxy groups -OCH3 is 1. The van der Waals surface area contributed by atoms with Crippen LogP contribution in [0.3, 0.4) is 0 Å². The summed E-state index contributed by atoms with van der Waals surface area (Å²) in [4.78, 5) is 8.04. The molecular weight excluding hydrogens is 373 g/mol. The number of nitrogens with zero attached hydrogens (tertiary/aromatic N) is 5. The molecule has 138 valence electrons. The van der Waals surface area contributed by atoms with Crippen LogP contribution in [0.5, 0.6) is 5.75 Å². The van der Waals surface area contributed by atoms with Gasteiger partial charge in [0.2, 0.25) is 15.0 Å². The Kier molecular flexibility index (Phi) is 3.81. The lowest BCUT2D eigenvalue weighted by Gasteiger charge is -2.13. The van der Waals surface area contributed by atoms with E-state index in [1.807, 2.05) is 0 Å². The topological polar surface area (TPSA) is 99.3 Å². The molecule has 0 fully saturated rings. The number of ether oxygens (including phenoxy) is 1. The molecule has 10 heteroatoms. The summed E-state index contributed by atoms with van der Waals surface area (Å²) >= 11 is 0. The SMILES string of the molecule is COc1ccc(C)c(-c2cc3cnc(S(C)(=O)=O)nc3n3cnnc23)c1F. The largest absolute Gasteiger partial charge is 0.494 e. The zero-order valence-electron chi connectivity index (χ0n) is 14.6. The number of hydrogen-bond acceptors (Lipinski definition) is 7. The van der Waals surface area contributed by atoms with E-state index >= 15 is 0 Å². The van der Waals surface area contributed by atoms with Gasteiger partial charge in [-0.05, 0) is 24.6 Å². The summed E-state index contributed by atoms with van der Waals surface area (Å²) in [6.07, 6.45) is 3.81. The van der Waals surface area contributed by atoms with Gasteiger partial charge in [0, 0.05) is 29.0 Å². The molecule has 1 aromatic carbocycles. The first-order valence-corrected chi connectivity index (χ1v) is 9.73. The van der Waals surface area contributed by atoms with Crippen LogP contribution in [0, 0.1) is 12.7 Å². The molecule has 4 rings (SSSR count). The van der Waals surface area contributed by atoms with Crippen molar-refractivity contribution in [1.29, 1.82) is 0 Å². The quantitative estimate of drug-likeness (QED) is 0.497. The second kappa shape index (κ2) is 5.95. The molecule has 0 N–H and O–H groups in total. The minimum Gasteiger partial charge on any atom is -0.494 e. The van der Waals surface area contributed by atoms with E-state index in [0.29, 0.717) is 33.4 Å². The van der Waals surface area contributed by atoms with E-state index in [1.54, 1.807) is 25.1 Å². The highest BCUT2D eigenvalue weighted by atomic mass is 32.2. The van der Waals surface area contributed by atoms with Gasteiger partial charge in [0.25, 0.3) is 0 Å². The van der Waals surface area contributed by atoms with Crippen molar-refractivity contribution < 1.29 is 17.5 Å². The maximum Gasteiger partial charge on any atom is 0.248 e. The lowest BCUT2D eigenvalue weighted by molar-refractivity contribution is 0.387. The summed E-state index contributed by atoms with van der Waals surface area (Å²) in [5, 5.41) is 8.17. The summed E-state index contributed by atoms with van der Waals surface area (Å²) < 4.78 is 45.1. The number of benzene rings is 1. The van der Waals surface area contributed by atoms with E-state index in [1.165, 1.54) is 24.0 Å². The number of sulfone groups is 1. The third kappa shape index (κ3) is 2.69. The number of aromatic nitrogens is 5. The summed E-state index contributed by atoms with van der Waals surface area (Å²) in [5.41, 5.74) is 2.14. The van der Waals surface area contributed by atoms with E-state index < -0.39 is 15.7 Å². The van der Waals surface area contributed by atoms with Crippen LogP contribution in [0.15, 0.2) is 35.9 Å². The molecule has 0 radical (unpaired) electrons. The van der Waals surface area contributed by atoms with Crippen LogP contribution in [0.4, 0.5) is 4.39 Å². The Morgan fingerprint density at radius 2 is 2.00 bits per heavy atom. The molecule has 3 heterocycles. The number of pyridine rings is 1. The van der Waals surface area contributed by atoms with Gasteiger partial charge in [-0.1, -0.05) is 6.07 Å². The number of halogens is 1. The molecule has 3 aromatic heterocycles. The number of fused-ring (bicyclic) bond motifs is 3. The third-order valence-corrected chi connectivity index (χ3v) is 5.09. The maximum absolute atomic E-state index is 15.0. The van der Waals surface area contributed by atoms with Gasteiger partial charge in [-0.25, -0.2) is 17.8 Å². The first kappa shape index (κ1) is 17.3. The fourth-order valence-corrected chi connectivity index (χ4v) is 3.46. The second-order valence-electron chi connectivity index (χ2n) is 6.06. The third-order valence-electron chi connectivity index (χ3n) is 4.23. The Morgan fingerprint density at radius 3 is 2.70 bits per heavy atom. The summed E-state index contributed by atoms with van der Waals surface area (Å²) in [5.74, 6) is -0.410. The highest BCUT2D eigenvalue weighted by Gasteiger charge is 2.20. The van der Waals surface area contributed by atoms with E-state index in [-0.39, 0.29) is 10.9 Å². The van der Waals surface area contributed by atoms with Crippen molar-refractivity contribution >= 4 is 26.5 Å². The van der Waals surface area contributed by atoms with Crippen molar-refractivity contribution in [2.75, 3.05) is 13.4 Å².